The number of hydrogen-bond donors (Lipinski definition) is 3. The van der Waals surface area contributed by atoms with Crippen LogP contribution in [0.1, 0.15) is 30.1 Å². The zero-order valence-electron chi connectivity index (χ0n) is 11.8. The Kier molecular flexibility index (Phi) is 5.86. The third-order valence-electron chi connectivity index (χ3n) is 2.83. The number of carbonyl (C=O) groups is 2. The lowest BCUT2D eigenvalue weighted by molar-refractivity contribution is -0.139. The molecule has 0 bridgehead atoms. The fourth-order valence-corrected chi connectivity index (χ4v) is 2.93. The second kappa shape index (κ2) is 7.19. The van der Waals surface area contributed by atoms with Gasteiger partial charge < -0.3 is 10.4 Å². The third kappa shape index (κ3) is 4.54. The van der Waals surface area contributed by atoms with Crippen molar-refractivity contribution in [2.75, 3.05) is 7.05 Å². The Bertz CT molecular complexity index is 610. The normalized spacial score (nSPS) is 12.7. The van der Waals surface area contributed by atoms with Crippen molar-refractivity contribution < 1.29 is 23.1 Å². The second-order valence-electron chi connectivity index (χ2n) is 4.40. The first kappa shape index (κ1) is 17.1. The number of hydrogen-bond acceptors (Lipinski definition) is 4. The molecule has 0 heterocycles. The minimum Gasteiger partial charge on any atom is -0.480 e. The molecular formula is C13H18N2O5S. The minimum absolute atomic E-state index is 0.0856. The van der Waals surface area contributed by atoms with Crippen LogP contribution in [0.3, 0.4) is 0 Å². The van der Waals surface area contributed by atoms with Crippen molar-refractivity contribution in [2.45, 2.75) is 30.7 Å². The van der Waals surface area contributed by atoms with Crippen LogP contribution >= 0.6 is 0 Å². The summed E-state index contributed by atoms with van der Waals surface area (Å²) in [5.41, 5.74) is 0.319. The molecule has 8 heteroatoms. The summed E-state index contributed by atoms with van der Waals surface area (Å²) in [4.78, 5) is 22.3. The lowest BCUT2D eigenvalue weighted by Crippen LogP contribution is -2.40. The molecule has 1 amide bonds. The number of carboxylic acids is 1. The van der Waals surface area contributed by atoms with Crippen LogP contribution in [0.25, 0.3) is 0 Å². The lowest BCUT2D eigenvalue weighted by atomic mass is 10.2. The van der Waals surface area contributed by atoms with Gasteiger partial charge in [-0.25, -0.2) is 8.42 Å². The maximum Gasteiger partial charge on any atom is 0.321 e. The summed E-state index contributed by atoms with van der Waals surface area (Å²) in [6.45, 7) is 1.77. The zero-order chi connectivity index (χ0) is 16.0. The quantitative estimate of drug-likeness (QED) is 0.681. The van der Waals surface area contributed by atoms with E-state index in [1.165, 1.54) is 31.3 Å². The van der Waals surface area contributed by atoms with Crippen LogP contribution in [0.15, 0.2) is 29.2 Å². The molecule has 116 valence electrons. The predicted molar refractivity (Wildman–Crippen MR) is 76.5 cm³/mol. The molecule has 0 aliphatic carbocycles. The lowest BCUT2D eigenvalue weighted by Gasteiger charge is -2.14. The summed E-state index contributed by atoms with van der Waals surface area (Å²) in [5.74, 6) is -1.55. The van der Waals surface area contributed by atoms with E-state index in [1.54, 1.807) is 6.92 Å². The summed E-state index contributed by atoms with van der Waals surface area (Å²) in [5, 5.41) is 11.4. The highest BCUT2D eigenvalue weighted by Crippen LogP contribution is 2.12. The van der Waals surface area contributed by atoms with Gasteiger partial charge in [0.25, 0.3) is 5.91 Å². The van der Waals surface area contributed by atoms with E-state index >= 15 is 0 Å². The first-order valence-electron chi connectivity index (χ1n) is 6.39. The van der Waals surface area contributed by atoms with E-state index in [4.69, 9.17) is 5.11 Å². The molecular weight excluding hydrogens is 296 g/mol. The number of carbonyl (C=O) groups excluding carboxylic acids is 1. The van der Waals surface area contributed by atoms with Gasteiger partial charge in [-0.1, -0.05) is 13.3 Å². The number of carboxylic acid groups (broad SMARTS) is 1. The van der Waals surface area contributed by atoms with Crippen molar-refractivity contribution in [3.8, 4) is 0 Å². The Morgan fingerprint density at radius 3 is 2.24 bits per heavy atom. The molecule has 0 spiro atoms. The summed E-state index contributed by atoms with van der Waals surface area (Å²) in [6.07, 6.45) is 0.736. The number of sulfonamides is 1. The molecule has 0 unspecified atom stereocenters. The first-order chi connectivity index (χ1) is 9.81. The van der Waals surface area contributed by atoms with E-state index in [9.17, 15) is 18.0 Å². The van der Waals surface area contributed by atoms with Gasteiger partial charge in [0.1, 0.15) is 6.04 Å². The van der Waals surface area contributed by atoms with Crippen molar-refractivity contribution in [3.05, 3.63) is 29.8 Å². The number of nitrogens with one attached hydrogen (secondary N) is 2. The average molecular weight is 314 g/mol. The van der Waals surface area contributed by atoms with Gasteiger partial charge in [0.2, 0.25) is 10.0 Å². The van der Waals surface area contributed by atoms with Crippen molar-refractivity contribution in [1.82, 2.24) is 10.0 Å². The average Bonchev–Trinajstić information content (AvgIpc) is 2.45. The Balaban J connectivity index is 2.97. The molecule has 21 heavy (non-hydrogen) atoms. The van der Waals surface area contributed by atoms with E-state index < -0.39 is 22.0 Å². The molecule has 1 rings (SSSR count). The number of rotatable bonds is 7. The van der Waals surface area contributed by atoms with Gasteiger partial charge in [-0.2, -0.15) is 4.72 Å². The molecule has 0 fully saturated rings. The predicted octanol–water partition coefficient (Wildman–Crippen LogP) is 0.578. The number of aliphatic carboxylic acids is 1. The van der Waals surface area contributed by atoms with E-state index in [1.807, 2.05) is 0 Å². The fourth-order valence-electron chi connectivity index (χ4n) is 1.71. The SMILES string of the molecule is CCC[C@@H](NS(=O)(=O)c1ccc(C(=O)NC)cc1)C(=O)O. The zero-order valence-corrected chi connectivity index (χ0v) is 12.6. The molecule has 1 aromatic carbocycles. The molecule has 1 aromatic rings. The molecule has 0 saturated heterocycles. The maximum atomic E-state index is 12.1. The van der Waals surface area contributed by atoms with Gasteiger partial charge in [0.05, 0.1) is 4.90 Å². The smallest absolute Gasteiger partial charge is 0.321 e. The Labute approximate surface area is 123 Å². The maximum absolute atomic E-state index is 12.1. The van der Waals surface area contributed by atoms with Gasteiger partial charge >= 0.3 is 5.97 Å². The summed E-state index contributed by atoms with van der Waals surface area (Å²) in [7, 11) is -2.47. The van der Waals surface area contributed by atoms with Gasteiger partial charge in [-0.05, 0) is 30.7 Å². The van der Waals surface area contributed by atoms with Gasteiger partial charge in [-0.3, -0.25) is 9.59 Å². The molecule has 3 N–H and O–H groups in total. The molecule has 0 aliphatic heterocycles. The van der Waals surface area contributed by atoms with Crippen LogP contribution in [0.5, 0.6) is 0 Å². The first-order valence-corrected chi connectivity index (χ1v) is 7.87. The van der Waals surface area contributed by atoms with Crippen molar-refractivity contribution in [3.63, 3.8) is 0 Å². The van der Waals surface area contributed by atoms with Crippen LogP contribution in [0.4, 0.5) is 0 Å². The van der Waals surface area contributed by atoms with Crippen LogP contribution in [-0.2, 0) is 14.8 Å². The monoisotopic (exact) mass is 314 g/mol. The summed E-state index contributed by atoms with van der Waals surface area (Å²) in [6, 6.07) is 4.08. The highest BCUT2D eigenvalue weighted by molar-refractivity contribution is 7.89. The van der Waals surface area contributed by atoms with Gasteiger partial charge in [-0.15, -0.1) is 0 Å². The molecule has 7 nitrogen and oxygen atoms in total. The highest BCUT2D eigenvalue weighted by Gasteiger charge is 2.24. The minimum atomic E-state index is -3.94. The highest BCUT2D eigenvalue weighted by atomic mass is 32.2. The standard InChI is InChI=1S/C13H18N2O5S/c1-3-4-11(13(17)18)15-21(19,20)10-7-5-9(6-8-10)12(16)14-2/h5-8,11,15H,3-4H2,1-2H3,(H,14,16)(H,17,18)/t11-/m1/s1. The van der Waals surface area contributed by atoms with Crippen LogP contribution < -0.4 is 10.0 Å². The number of benzene rings is 1. The topological polar surface area (TPSA) is 113 Å². The Hall–Kier alpha value is -1.93. The van der Waals surface area contributed by atoms with Gasteiger partial charge in [0, 0.05) is 12.6 Å². The Morgan fingerprint density at radius 2 is 1.81 bits per heavy atom. The summed E-state index contributed by atoms with van der Waals surface area (Å²) >= 11 is 0. The fraction of sp³-hybridized carbons (Fsp3) is 0.385. The molecule has 0 radical (unpaired) electrons. The van der Waals surface area contributed by atoms with Crippen LogP contribution in [0, 0.1) is 0 Å². The second-order valence-corrected chi connectivity index (χ2v) is 6.12. The molecule has 0 saturated carbocycles. The van der Waals surface area contributed by atoms with E-state index in [2.05, 4.69) is 10.0 Å². The molecule has 0 aliphatic rings. The van der Waals surface area contributed by atoms with E-state index in [0.29, 0.717) is 12.0 Å². The largest absolute Gasteiger partial charge is 0.480 e. The number of amides is 1. The molecule has 0 aromatic heterocycles. The van der Waals surface area contributed by atoms with Gasteiger partial charge in [0.15, 0.2) is 0 Å². The van der Waals surface area contributed by atoms with E-state index in [-0.39, 0.29) is 17.2 Å². The van der Waals surface area contributed by atoms with Crippen molar-refractivity contribution in [2.24, 2.45) is 0 Å². The Morgan fingerprint density at radius 1 is 1.24 bits per heavy atom. The third-order valence-corrected chi connectivity index (χ3v) is 4.31. The van der Waals surface area contributed by atoms with Crippen LogP contribution in [0.2, 0.25) is 0 Å². The van der Waals surface area contributed by atoms with Crippen LogP contribution in [-0.4, -0.2) is 38.5 Å². The van der Waals surface area contributed by atoms with Crippen molar-refractivity contribution >= 4 is 21.9 Å². The van der Waals surface area contributed by atoms with Crippen molar-refractivity contribution in [1.29, 1.82) is 0 Å². The summed E-state index contributed by atoms with van der Waals surface area (Å²) < 4.78 is 26.3. The molecule has 1 atom stereocenters. The van der Waals surface area contributed by atoms with E-state index in [0.717, 1.165) is 0 Å².